The van der Waals surface area contributed by atoms with Crippen molar-refractivity contribution in [3.05, 3.63) is 0 Å². The molecule has 0 aliphatic heterocycles. The normalized spacial score (nSPS) is 18.1. The second-order valence-corrected chi connectivity index (χ2v) is 15.9. The predicted octanol–water partition coefficient (Wildman–Crippen LogP) is 5.18. The fourth-order valence-electron chi connectivity index (χ4n) is 3.22. The molecule has 1 N–H and O–H groups in total. The molecule has 26 heavy (non-hydrogen) atoms. The van der Waals surface area contributed by atoms with Gasteiger partial charge in [-0.1, -0.05) is 39.0 Å². The first-order valence-corrected chi connectivity index (χ1v) is 13.7. The van der Waals surface area contributed by atoms with Crippen molar-refractivity contribution in [2.24, 2.45) is 5.41 Å². The summed E-state index contributed by atoms with van der Waals surface area (Å²) in [7, 11) is -0.989. The lowest BCUT2D eigenvalue weighted by atomic mass is 9.67. The Balaban J connectivity index is 2.32. The Kier molecular flexibility index (Phi) is 9.10. The van der Waals surface area contributed by atoms with Crippen LogP contribution in [0.3, 0.4) is 0 Å². The average molecular weight is 388 g/mol. The predicted molar refractivity (Wildman–Crippen MR) is 109 cm³/mol. The molecular weight excluding hydrogens is 346 g/mol. The van der Waals surface area contributed by atoms with E-state index in [0.717, 1.165) is 19.4 Å². The van der Waals surface area contributed by atoms with Gasteiger partial charge in [-0.05, 0) is 51.9 Å². The van der Waals surface area contributed by atoms with Gasteiger partial charge in [0, 0.05) is 14.7 Å². The third kappa shape index (κ3) is 11.2. The van der Waals surface area contributed by atoms with Crippen molar-refractivity contribution in [2.45, 2.75) is 97.1 Å². The summed E-state index contributed by atoms with van der Waals surface area (Å²) < 4.78 is 16.7. The fraction of sp³-hybridized carbons (Fsp3) is 0.950. The van der Waals surface area contributed by atoms with Gasteiger partial charge in [-0.25, -0.2) is 4.79 Å². The molecule has 0 aromatic carbocycles. The number of carbonyl (C=O) groups is 1. The second kappa shape index (κ2) is 10.1. The molecule has 0 bridgehead atoms. The van der Waals surface area contributed by atoms with Crippen molar-refractivity contribution in [1.29, 1.82) is 0 Å². The van der Waals surface area contributed by atoms with Gasteiger partial charge >= 0.3 is 6.09 Å². The molecule has 1 unspecified atom stereocenters. The standard InChI is InChI=1S/C20H41NO4Si/c1-19(2,3)25-18(22)21-17(14-20(4)10-8-11-20)15-24-16-23-12-9-13-26(5,6)7/h17H,8-16H2,1-7H3,(H,21,22). The number of rotatable bonds is 11. The number of ether oxygens (including phenoxy) is 3. The van der Waals surface area contributed by atoms with E-state index in [1.54, 1.807) is 0 Å². The summed E-state index contributed by atoms with van der Waals surface area (Å²) in [4.78, 5) is 12.1. The van der Waals surface area contributed by atoms with Crippen LogP contribution in [0.5, 0.6) is 0 Å². The molecular formula is C20H41NO4Si. The van der Waals surface area contributed by atoms with Crippen LogP contribution in [0.15, 0.2) is 0 Å². The number of amides is 1. The highest BCUT2D eigenvalue weighted by molar-refractivity contribution is 6.76. The molecule has 1 rings (SSSR count). The number of carbonyl (C=O) groups excluding carboxylic acids is 1. The molecule has 1 aliphatic rings. The van der Waals surface area contributed by atoms with E-state index in [-0.39, 0.29) is 18.9 Å². The fourth-order valence-corrected chi connectivity index (χ4v) is 4.42. The Morgan fingerprint density at radius 3 is 2.35 bits per heavy atom. The SMILES string of the molecule is CC1(CC(COCOCCC[Si](C)(C)C)NC(=O)OC(C)(C)C)CCC1. The lowest BCUT2D eigenvalue weighted by molar-refractivity contribution is -0.0646. The summed E-state index contributed by atoms with van der Waals surface area (Å²) in [5.74, 6) is 0. The van der Waals surface area contributed by atoms with Gasteiger partial charge in [0.05, 0.1) is 12.6 Å². The average Bonchev–Trinajstić information content (AvgIpc) is 2.41. The van der Waals surface area contributed by atoms with Gasteiger partial charge in [-0.3, -0.25) is 0 Å². The Bertz CT molecular complexity index is 425. The molecule has 5 nitrogen and oxygen atoms in total. The molecule has 1 atom stereocenters. The summed E-state index contributed by atoms with van der Waals surface area (Å²) in [6.07, 6.45) is 5.35. The number of alkyl carbamates (subject to hydrolysis) is 1. The van der Waals surface area contributed by atoms with Crippen molar-refractivity contribution in [3.8, 4) is 0 Å². The minimum absolute atomic E-state index is 0.0410. The van der Waals surface area contributed by atoms with Crippen LogP contribution in [0.2, 0.25) is 25.7 Å². The summed E-state index contributed by atoms with van der Waals surface area (Å²) in [5.41, 5.74) is -0.184. The maximum Gasteiger partial charge on any atom is 0.407 e. The van der Waals surface area contributed by atoms with Crippen molar-refractivity contribution in [3.63, 3.8) is 0 Å². The smallest absolute Gasteiger partial charge is 0.407 e. The van der Waals surface area contributed by atoms with E-state index in [0.29, 0.717) is 12.0 Å². The summed E-state index contributed by atoms with van der Waals surface area (Å²) in [6.45, 7) is 16.5. The maximum atomic E-state index is 12.1. The van der Waals surface area contributed by atoms with E-state index < -0.39 is 13.7 Å². The van der Waals surface area contributed by atoms with Crippen molar-refractivity contribution in [2.75, 3.05) is 20.0 Å². The summed E-state index contributed by atoms with van der Waals surface area (Å²) in [6, 6.07) is 1.23. The molecule has 1 saturated carbocycles. The van der Waals surface area contributed by atoms with Crippen molar-refractivity contribution >= 4 is 14.2 Å². The van der Waals surface area contributed by atoms with E-state index in [9.17, 15) is 4.79 Å². The molecule has 1 fully saturated rings. The molecule has 6 heteroatoms. The van der Waals surface area contributed by atoms with Gasteiger partial charge in [0.2, 0.25) is 0 Å². The van der Waals surface area contributed by atoms with Crippen LogP contribution in [-0.4, -0.2) is 45.8 Å². The molecule has 0 aromatic rings. The van der Waals surface area contributed by atoms with Crippen LogP contribution >= 0.6 is 0 Å². The van der Waals surface area contributed by atoms with Gasteiger partial charge in [-0.15, -0.1) is 0 Å². The van der Waals surface area contributed by atoms with Gasteiger partial charge in [0.25, 0.3) is 0 Å². The lowest BCUT2D eigenvalue weighted by Gasteiger charge is -2.41. The topological polar surface area (TPSA) is 56.8 Å². The molecule has 0 radical (unpaired) electrons. The van der Waals surface area contributed by atoms with E-state index in [1.165, 1.54) is 25.3 Å². The molecule has 0 aromatic heterocycles. The highest BCUT2D eigenvalue weighted by atomic mass is 28.3. The van der Waals surface area contributed by atoms with Crippen LogP contribution in [0.1, 0.15) is 59.8 Å². The van der Waals surface area contributed by atoms with Gasteiger partial charge in [-0.2, -0.15) is 0 Å². The Hall–Kier alpha value is -0.593. The highest BCUT2D eigenvalue weighted by Gasteiger charge is 2.35. The Morgan fingerprint density at radius 1 is 1.19 bits per heavy atom. The molecule has 1 amide bonds. The first kappa shape index (κ1) is 23.4. The van der Waals surface area contributed by atoms with E-state index >= 15 is 0 Å². The van der Waals surface area contributed by atoms with E-state index in [1.807, 2.05) is 20.8 Å². The Morgan fingerprint density at radius 2 is 1.85 bits per heavy atom. The van der Waals surface area contributed by atoms with Gasteiger partial charge < -0.3 is 19.5 Å². The van der Waals surface area contributed by atoms with Crippen LogP contribution < -0.4 is 5.32 Å². The molecule has 0 saturated heterocycles. The quantitative estimate of drug-likeness (QED) is 0.301. The number of hydrogen-bond acceptors (Lipinski definition) is 4. The zero-order valence-electron chi connectivity index (χ0n) is 18.1. The first-order chi connectivity index (χ1) is 11.9. The largest absolute Gasteiger partial charge is 0.444 e. The highest BCUT2D eigenvalue weighted by Crippen LogP contribution is 2.44. The second-order valence-electron chi connectivity index (χ2n) is 10.3. The number of nitrogens with one attached hydrogen (secondary N) is 1. The summed E-state index contributed by atoms with van der Waals surface area (Å²) in [5, 5.41) is 2.98. The van der Waals surface area contributed by atoms with Crippen LogP contribution in [0, 0.1) is 5.41 Å². The number of hydrogen-bond donors (Lipinski definition) is 1. The van der Waals surface area contributed by atoms with E-state index in [2.05, 4.69) is 31.9 Å². The molecule has 1 aliphatic carbocycles. The molecule has 0 heterocycles. The van der Waals surface area contributed by atoms with Crippen LogP contribution in [-0.2, 0) is 14.2 Å². The minimum Gasteiger partial charge on any atom is -0.444 e. The Labute approximate surface area is 161 Å². The van der Waals surface area contributed by atoms with E-state index in [4.69, 9.17) is 14.2 Å². The van der Waals surface area contributed by atoms with Crippen LogP contribution in [0.4, 0.5) is 4.79 Å². The monoisotopic (exact) mass is 387 g/mol. The third-order valence-corrected chi connectivity index (χ3v) is 6.58. The van der Waals surface area contributed by atoms with Crippen molar-refractivity contribution in [1.82, 2.24) is 5.32 Å². The van der Waals surface area contributed by atoms with Gasteiger partial charge in [0.1, 0.15) is 12.4 Å². The third-order valence-electron chi connectivity index (χ3n) is 4.72. The molecule has 154 valence electrons. The zero-order valence-corrected chi connectivity index (χ0v) is 19.1. The molecule has 0 spiro atoms. The summed E-state index contributed by atoms with van der Waals surface area (Å²) >= 11 is 0. The minimum atomic E-state index is -0.989. The lowest BCUT2D eigenvalue weighted by Crippen LogP contribution is -2.45. The zero-order chi connectivity index (χ0) is 19.8. The maximum absolute atomic E-state index is 12.1. The van der Waals surface area contributed by atoms with Crippen LogP contribution in [0.25, 0.3) is 0 Å². The van der Waals surface area contributed by atoms with Gasteiger partial charge in [0.15, 0.2) is 0 Å². The van der Waals surface area contributed by atoms with Crippen molar-refractivity contribution < 1.29 is 19.0 Å². The first-order valence-electron chi connectivity index (χ1n) is 10.0.